The second-order valence-electron chi connectivity index (χ2n) is 7.43. The molecule has 25 heavy (non-hydrogen) atoms. The number of sulfonamides is 1. The van der Waals surface area contributed by atoms with Crippen LogP contribution in [0.3, 0.4) is 0 Å². The molecule has 0 amide bonds. The average Bonchev–Trinajstić information content (AvgIpc) is 3.46. The summed E-state index contributed by atoms with van der Waals surface area (Å²) in [6, 6.07) is 7.66. The summed E-state index contributed by atoms with van der Waals surface area (Å²) in [4.78, 5) is 0.361. The topological polar surface area (TPSA) is 64.0 Å². The minimum Gasteiger partial charge on any atom is -0.268 e. The summed E-state index contributed by atoms with van der Waals surface area (Å²) in [6.45, 7) is 4.75. The van der Waals surface area contributed by atoms with Gasteiger partial charge in [-0.3, -0.25) is 4.68 Å². The Morgan fingerprint density at radius 1 is 1.12 bits per heavy atom. The third-order valence-corrected chi connectivity index (χ3v) is 6.68. The molecule has 5 nitrogen and oxygen atoms in total. The van der Waals surface area contributed by atoms with E-state index in [0.29, 0.717) is 29.8 Å². The molecule has 1 heterocycles. The van der Waals surface area contributed by atoms with Gasteiger partial charge in [0.25, 0.3) is 0 Å². The minimum atomic E-state index is -3.48. The SMILES string of the molecule is Cc1ccc(S(=O)(=O)NCCn2nc(C3CC3)cc2C2CC2)c(C)c1. The molecular formula is C19H25N3O2S. The lowest BCUT2D eigenvalue weighted by Gasteiger charge is -2.11. The molecule has 4 rings (SSSR count). The van der Waals surface area contributed by atoms with Crippen LogP contribution in [0.15, 0.2) is 29.2 Å². The number of rotatable bonds is 7. The Morgan fingerprint density at radius 3 is 2.48 bits per heavy atom. The lowest BCUT2D eigenvalue weighted by Crippen LogP contribution is -2.28. The standard InChI is InChI=1S/C19H25N3O2S/c1-13-3-8-19(14(2)11-13)25(23,24)20-9-10-22-18(16-6-7-16)12-17(21-22)15-4-5-15/h3,8,11-12,15-16,20H,4-7,9-10H2,1-2H3. The molecule has 0 bridgehead atoms. The minimum absolute atomic E-state index is 0.361. The highest BCUT2D eigenvalue weighted by Gasteiger charge is 2.32. The number of nitrogens with zero attached hydrogens (tertiary/aromatic N) is 2. The fourth-order valence-corrected chi connectivity index (χ4v) is 4.63. The Balaban J connectivity index is 1.45. The van der Waals surface area contributed by atoms with Crippen LogP contribution >= 0.6 is 0 Å². The van der Waals surface area contributed by atoms with Crippen molar-refractivity contribution in [1.29, 1.82) is 0 Å². The summed E-state index contributed by atoms with van der Waals surface area (Å²) in [5, 5.41) is 4.74. The first-order valence-corrected chi connectivity index (χ1v) is 10.6. The number of nitrogens with one attached hydrogen (secondary N) is 1. The molecule has 1 N–H and O–H groups in total. The van der Waals surface area contributed by atoms with Gasteiger partial charge in [0.15, 0.2) is 0 Å². The number of hydrogen-bond acceptors (Lipinski definition) is 3. The summed E-state index contributed by atoms with van der Waals surface area (Å²) in [5.74, 6) is 1.25. The molecule has 0 saturated heterocycles. The summed E-state index contributed by atoms with van der Waals surface area (Å²) in [5.41, 5.74) is 4.32. The van der Waals surface area contributed by atoms with Crippen molar-refractivity contribution in [1.82, 2.24) is 14.5 Å². The molecule has 0 radical (unpaired) electrons. The largest absolute Gasteiger partial charge is 0.268 e. The maximum atomic E-state index is 12.6. The van der Waals surface area contributed by atoms with Crippen molar-refractivity contribution in [3.05, 3.63) is 46.8 Å². The molecule has 0 unspecified atom stereocenters. The lowest BCUT2D eigenvalue weighted by atomic mass is 10.2. The normalized spacial score (nSPS) is 17.8. The molecule has 1 aromatic carbocycles. The van der Waals surface area contributed by atoms with E-state index in [1.807, 2.05) is 30.7 Å². The molecule has 1 aromatic heterocycles. The molecular weight excluding hydrogens is 334 g/mol. The van der Waals surface area contributed by atoms with Gasteiger partial charge >= 0.3 is 0 Å². The number of benzene rings is 1. The Bertz CT molecular complexity index is 893. The fourth-order valence-electron chi connectivity index (χ4n) is 3.38. The predicted octanol–water partition coefficient (Wildman–Crippen LogP) is 3.23. The molecule has 6 heteroatoms. The van der Waals surface area contributed by atoms with Crippen molar-refractivity contribution in [2.75, 3.05) is 6.54 Å². The quantitative estimate of drug-likeness (QED) is 0.825. The Kier molecular flexibility index (Phi) is 4.20. The second-order valence-corrected chi connectivity index (χ2v) is 9.17. The van der Waals surface area contributed by atoms with Gasteiger partial charge in [0.05, 0.1) is 17.1 Å². The van der Waals surface area contributed by atoms with Crippen LogP contribution in [0, 0.1) is 13.8 Å². The Hall–Kier alpha value is -1.66. The number of aryl methyl sites for hydroxylation is 2. The highest BCUT2D eigenvalue weighted by Crippen LogP contribution is 2.44. The van der Waals surface area contributed by atoms with E-state index >= 15 is 0 Å². The zero-order valence-electron chi connectivity index (χ0n) is 14.8. The smallest absolute Gasteiger partial charge is 0.240 e. The van der Waals surface area contributed by atoms with Crippen LogP contribution in [0.2, 0.25) is 0 Å². The Morgan fingerprint density at radius 2 is 1.84 bits per heavy atom. The summed E-state index contributed by atoms with van der Waals surface area (Å²) in [6.07, 6.45) is 4.93. The second kappa shape index (κ2) is 6.25. The monoisotopic (exact) mass is 359 g/mol. The van der Waals surface area contributed by atoms with Gasteiger partial charge < -0.3 is 0 Å². The first-order chi connectivity index (χ1) is 11.9. The molecule has 2 saturated carbocycles. The van der Waals surface area contributed by atoms with E-state index in [-0.39, 0.29) is 0 Å². The number of aromatic nitrogens is 2. The molecule has 134 valence electrons. The van der Waals surface area contributed by atoms with Crippen LogP contribution in [0.4, 0.5) is 0 Å². The van der Waals surface area contributed by atoms with Gasteiger partial charge in [0.2, 0.25) is 10.0 Å². The first-order valence-electron chi connectivity index (χ1n) is 9.08. The van der Waals surface area contributed by atoms with Crippen molar-refractivity contribution >= 4 is 10.0 Å². The van der Waals surface area contributed by atoms with Crippen LogP contribution < -0.4 is 4.72 Å². The molecule has 0 spiro atoms. The Labute approximate surface area is 149 Å². The van der Waals surface area contributed by atoms with E-state index in [0.717, 1.165) is 11.1 Å². The summed E-state index contributed by atoms with van der Waals surface area (Å²) in [7, 11) is -3.48. The van der Waals surface area contributed by atoms with Gasteiger partial charge in [-0.25, -0.2) is 13.1 Å². The van der Waals surface area contributed by atoms with Crippen LogP contribution in [0.5, 0.6) is 0 Å². The maximum absolute atomic E-state index is 12.6. The highest BCUT2D eigenvalue weighted by atomic mass is 32.2. The summed E-state index contributed by atoms with van der Waals surface area (Å²) >= 11 is 0. The summed E-state index contributed by atoms with van der Waals surface area (Å²) < 4.78 is 29.9. The molecule has 0 atom stereocenters. The van der Waals surface area contributed by atoms with Gasteiger partial charge in [0, 0.05) is 24.1 Å². The number of hydrogen-bond donors (Lipinski definition) is 1. The maximum Gasteiger partial charge on any atom is 0.240 e. The van der Waals surface area contributed by atoms with Gasteiger partial charge in [-0.15, -0.1) is 0 Å². The van der Waals surface area contributed by atoms with Crippen molar-refractivity contribution in [2.24, 2.45) is 0 Å². The molecule has 2 fully saturated rings. The third-order valence-electron chi connectivity index (χ3n) is 5.06. The van der Waals surface area contributed by atoms with Crippen molar-refractivity contribution in [3.63, 3.8) is 0 Å². The predicted molar refractivity (Wildman–Crippen MR) is 97.3 cm³/mol. The molecule has 2 aliphatic carbocycles. The van der Waals surface area contributed by atoms with Crippen molar-refractivity contribution < 1.29 is 8.42 Å². The first kappa shape index (κ1) is 16.8. The van der Waals surface area contributed by atoms with Gasteiger partial charge in [-0.05, 0) is 57.2 Å². The van der Waals surface area contributed by atoms with Crippen molar-refractivity contribution in [2.45, 2.75) is 62.8 Å². The molecule has 2 aromatic rings. The zero-order chi connectivity index (χ0) is 17.6. The average molecular weight is 359 g/mol. The van der Waals surface area contributed by atoms with E-state index in [2.05, 4.69) is 10.8 Å². The van der Waals surface area contributed by atoms with E-state index in [9.17, 15) is 8.42 Å². The fraction of sp³-hybridized carbons (Fsp3) is 0.526. The van der Waals surface area contributed by atoms with E-state index < -0.39 is 10.0 Å². The van der Waals surface area contributed by atoms with E-state index in [1.165, 1.54) is 37.1 Å². The molecule has 2 aliphatic rings. The third kappa shape index (κ3) is 3.65. The molecule has 0 aliphatic heterocycles. The van der Waals surface area contributed by atoms with Crippen LogP contribution in [0.25, 0.3) is 0 Å². The van der Waals surface area contributed by atoms with Gasteiger partial charge in [0.1, 0.15) is 0 Å². The van der Waals surface area contributed by atoms with Crippen LogP contribution in [0.1, 0.15) is 60.0 Å². The van der Waals surface area contributed by atoms with E-state index in [4.69, 9.17) is 5.10 Å². The van der Waals surface area contributed by atoms with Crippen LogP contribution in [-0.4, -0.2) is 24.7 Å². The van der Waals surface area contributed by atoms with Crippen molar-refractivity contribution in [3.8, 4) is 0 Å². The van der Waals surface area contributed by atoms with Gasteiger partial charge in [-0.1, -0.05) is 17.7 Å². The van der Waals surface area contributed by atoms with E-state index in [1.54, 1.807) is 6.07 Å². The lowest BCUT2D eigenvalue weighted by molar-refractivity contribution is 0.548. The van der Waals surface area contributed by atoms with Crippen LogP contribution in [-0.2, 0) is 16.6 Å². The highest BCUT2D eigenvalue weighted by molar-refractivity contribution is 7.89. The zero-order valence-corrected chi connectivity index (χ0v) is 15.6. The van der Waals surface area contributed by atoms with Gasteiger partial charge in [-0.2, -0.15) is 5.10 Å².